The van der Waals surface area contributed by atoms with E-state index in [1.165, 1.54) is 23.5 Å². The average molecular weight is 310 g/mol. The maximum Gasteiger partial charge on any atom is 0.145 e. The summed E-state index contributed by atoms with van der Waals surface area (Å²) < 4.78 is 26.8. The number of nitrogens with zero attached hydrogens (tertiary/aromatic N) is 1. The van der Waals surface area contributed by atoms with E-state index in [0.29, 0.717) is 0 Å². The van der Waals surface area contributed by atoms with Crippen molar-refractivity contribution in [1.29, 1.82) is 0 Å². The van der Waals surface area contributed by atoms with Crippen LogP contribution in [0.1, 0.15) is 44.1 Å². The highest BCUT2D eigenvalue weighted by Gasteiger charge is 2.37. The summed E-state index contributed by atoms with van der Waals surface area (Å²) in [5.41, 5.74) is 3.23. The molecule has 5 heteroatoms. The number of hydrogen-bond donors (Lipinski definition) is 2. The molecule has 0 bridgehead atoms. The zero-order valence-corrected chi connectivity index (χ0v) is 13.0. The summed E-state index contributed by atoms with van der Waals surface area (Å²) >= 11 is 4.57. The highest BCUT2D eigenvalue weighted by Crippen LogP contribution is 2.41. The number of halogens is 2. The largest absolute Gasteiger partial charge is 0.359 e. The zero-order chi connectivity index (χ0) is 15.0. The molecule has 114 valence electrons. The van der Waals surface area contributed by atoms with Crippen LogP contribution < -0.4 is 5.32 Å². The molecule has 1 aromatic carbocycles. The number of benzene rings is 1. The quantitative estimate of drug-likeness (QED) is 0.818. The SMILES string of the molecule is CCCCC1=C2C[C@@H](c3cc(F)cc(F)c3)CN2C(S)N1. The third-order valence-electron chi connectivity index (χ3n) is 4.29. The molecule has 1 fully saturated rings. The van der Waals surface area contributed by atoms with Crippen LogP contribution in [0.15, 0.2) is 29.6 Å². The van der Waals surface area contributed by atoms with Gasteiger partial charge in [-0.3, -0.25) is 0 Å². The molecule has 2 heterocycles. The molecule has 1 aromatic rings. The fourth-order valence-electron chi connectivity index (χ4n) is 3.23. The lowest BCUT2D eigenvalue weighted by Crippen LogP contribution is -2.31. The maximum atomic E-state index is 13.4. The van der Waals surface area contributed by atoms with Crippen molar-refractivity contribution >= 4 is 12.6 Å². The summed E-state index contributed by atoms with van der Waals surface area (Å²) in [7, 11) is 0. The van der Waals surface area contributed by atoms with E-state index in [2.05, 4.69) is 29.8 Å². The summed E-state index contributed by atoms with van der Waals surface area (Å²) in [4.78, 5) is 2.21. The van der Waals surface area contributed by atoms with Crippen molar-refractivity contribution in [3.8, 4) is 0 Å². The minimum atomic E-state index is -0.502. The Labute approximate surface area is 129 Å². The number of allylic oxidation sites excluding steroid dienone is 2. The number of nitrogens with one attached hydrogen (secondary N) is 1. The molecule has 0 aromatic heterocycles. The van der Waals surface area contributed by atoms with Crippen LogP contribution in [-0.4, -0.2) is 16.9 Å². The van der Waals surface area contributed by atoms with Crippen LogP contribution in [0.3, 0.4) is 0 Å². The van der Waals surface area contributed by atoms with Crippen molar-refractivity contribution in [3.05, 3.63) is 46.8 Å². The van der Waals surface area contributed by atoms with Crippen LogP contribution in [0.4, 0.5) is 8.78 Å². The zero-order valence-electron chi connectivity index (χ0n) is 12.1. The molecule has 2 nitrogen and oxygen atoms in total. The van der Waals surface area contributed by atoms with Crippen molar-refractivity contribution in [2.45, 2.75) is 44.0 Å². The van der Waals surface area contributed by atoms with Gasteiger partial charge in [-0.2, -0.15) is 0 Å². The van der Waals surface area contributed by atoms with E-state index in [9.17, 15) is 8.78 Å². The lowest BCUT2D eigenvalue weighted by molar-refractivity contribution is 0.370. The van der Waals surface area contributed by atoms with Crippen LogP contribution in [0.5, 0.6) is 0 Å². The van der Waals surface area contributed by atoms with Gasteiger partial charge in [0.25, 0.3) is 0 Å². The Hall–Kier alpha value is -1.23. The van der Waals surface area contributed by atoms with Crippen molar-refractivity contribution in [2.24, 2.45) is 0 Å². The molecule has 2 aliphatic heterocycles. The van der Waals surface area contributed by atoms with E-state index in [4.69, 9.17) is 0 Å². The Morgan fingerprint density at radius 3 is 2.67 bits per heavy atom. The van der Waals surface area contributed by atoms with Gasteiger partial charge in [0.1, 0.15) is 17.1 Å². The second kappa shape index (κ2) is 5.87. The van der Waals surface area contributed by atoms with E-state index < -0.39 is 11.6 Å². The Bertz CT molecular complexity index is 553. The minimum Gasteiger partial charge on any atom is -0.359 e. The van der Waals surface area contributed by atoms with Gasteiger partial charge in [-0.25, -0.2) is 8.78 Å². The Kier molecular flexibility index (Phi) is 4.11. The molecule has 0 saturated carbocycles. The van der Waals surface area contributed by atoms with Gasteiger partial charge in [0.15, 0.2) is 0 Å². The fraction of sp³-hybridized carbons (Fsp3) is 0.500. The first-order chi connectivity index (χ1) is 10.1. The Balaban J connectivity index is 1.83. The first-order valence-corrected chi connectivity index (χ1v) is 7.99. The van der Waals surface area contributed by atoms with Crippen LogP contribution in [0.25, 0.3) is 0 Å². The lowest BCUT2D eigenvalue weighted by atomic mass is 9.96. The normalized spacial score (nSPS) is 24.5. The smallest absolute Gasteiger partial charge is 0.145 e. The molecule has 3 rings (SSSR count). The molecule has 0 spiro atoms. The predicted octanol–water partition coefficient (Wildman–Crippen LogP) is 3.97. The van der Waals surface area contributed by atoms with Crippen LogP contribution >= 0.6 is 12.6 Å². The van der Waals surface area contributed by atoms with Gasteiger partial charge >= 0.3 is 0 Å². The number of rotatable bonds is 4. The van der Waals surface area contributed by atoms with E-state index in [-0.39, 0.29) is 11.4 Å². The molecule has 21 heavy (non-hydrogen) atoms. The van der Waals surface area contributed by atoms with Crippen molar-refractivity contribution in [3.63, 3.8) is 0 Å². The highest BCUT2D eigenvalue weighted by molar-refractivity contribution is 7.80. The average Bonchev–Trinajstić information content (AvgIpc) is 2.97. The van der Waals surface area contributed by atoms with E-state index in [1.54, 1.807) is 0 Å². The summed E-state index contributed by atoms with van der Waals surface area (Å²) in [5, 5.41) is 3.41. The first kappa shape index (κ1) is 14.7. The van der Waals surface area contributed by atoms with Crippen molar-refractivity contribution in [1.82, 2.24) is 10.2 Å². The molecule has 1 unspecified atom stereocenters. The van der Waals surface area contributed by atoms with Crippen molar-refractivity contribution in [2.75, 3.05) is 6.54 Å². The number of thiol groups is 1. The van der Waals surface area contributed by atoms with Gasteiger partial charge in [0.2, 0.25) is 0 Å². The van der Waals surface area contributed by atoms with Crippen LogP contribution in [-0.2, 0) is 0 Å². The fourth-order valence-corrected chi connectivity index (χ4v) is 3.62. The molecule has 2 aliphatic rings. The predicted molar refractivity (Wildman–Crippen MR) is 82.9 cm³/mol. The molecule has 0 radical (unpaired) electrons. The van der Waals surface area contributed by atoms with Gasteiger partial charge in [0, 0.05) is 29.9 Å². The molecule has 0 amide bonds. The monoisotopic (exact) mass is 310 g/mol. The number of hydrogen-bond acceptors (Lipinski definition) is 3. The van der Waals surface area contributed by atoms with Gasteiger partial charge in [0.05, 0.1) is 0 Å². The van der Waals surface area contributed by atoms with Gasteiger partial charge < -0.3 is 10.2 Å². The molecular formula is C16H20F2N2S. The first-order valence-electron chi connectivity index (χ1n) is 7.47. The van der Waals surface area contributed by atoms with E-state index in [1.807, 2.05) is 0 Å². The molecule has 0 aliphatic carbocycles. The topological polar surface area (TPSA) is 15.3 Å². The van der Waals surface area contributed by atoms with Crippen LogP contribution in [0, 0.1) is 11.6 Å². The second-order valence-electron chi connectivity index (χ2n) is 5.80. The van der Waals surface area contributed by atoms with Gasteiger partial charge in [-0.15, -0.1) is 12.6 Å². The van der Waals surface area contributed by atoms with E-state index in [0.717, 1.165) is 43.9 Å². The summed E-state index contributed by atoms with van der Waals surface area (Å²) in [6.07, 6.45) is 4.13. The minimum absolute atomic E-state index is 0.0183. The summed E-state index contributed by atoms with van der Waals surface area (Å²) in [6.45, 7) is 2.93. The van der Waals surface area contributed by atoms with Gasteiger partial charge in [-0.1, -0.05) is 13.3 Å². The third kappa shape index (κ3) is 2.89. The molecule has 2 atom stereocenters. The number of fused-ring (bicyclic) bond motifs is 1. The van der Waals surface area contributed by atoms with Crippen LogP contribution in [0.2, 0.25) is 0 Å². The maximum absolute atomic E-state index is 13.4. The summed E-state index contributed by atoms with van der Waals surface area (Å²) in [6, 6.07) is 3.82. The van der Waals surface area contributed by atoms with E-state index >= 15 is 0 Å². The highest BCUT2D eigenvalue weighted by atomic mass is 32.1. The molecule has 1 saturated heterocycles. The number of unbranched alkanes of at least 4 members (excludes halogenated alkanes) is 1. The third-order valence-corrected chi connectivity index (χ3v) is 4.69. The molecular weight excluding hydrogens is 290 g/mol. The standard InChI is InChI=1S/C16H20F2N2S/c1-2-3-4-14-15-7-11(9-20(15)16(21)19-14)10-5-12(17)8-13(18)6-10/h5-6,8,11,16,19,21H,2-4,7,9H2,1H3/t11-,16?/m1/s1. The molecule has 1 N–H and O–H groups in total. The second-order valence-corrected chi connectivity index (χ2v) is 6.29. The van der Waals surface area contributed by atoms with Gasteiger partial charge in [-0.05, 0) is 37.0 Å². The Morgan fingerprint density at radius 2 is 2.00 bits per heavy atom. The summed E-state index contributed by atoms with van der Waals surface area (Å²) in [5.74, 6) is -0.867. The lowest BCUT2D eigenvalue weighted by Gasteiger charge is -2.20. The Morgan fingerprint density at radius 1 is 1.29 bits per heavy atom. The van der Waals surface area contributed by atoms with Crippen molar-refractivity contribution < 1.29 is 8.78 Å².